The van der Waals surface area contributed by atoms with Crippen molar-refractivity contribution in [2.24, 2.45) is 17.3 Å². The van der Waals surface area contributed by atoms with Crippen LogP contribution in [0.15, 0.2) is 0 Å². The van der Waals surface area contributed by atoms with Crippen molar-refractivity contribution in [3.63, 3.8) is 0 Å². The molecule has 0 aliphatic carbocycles. The highest BCUT2D eigenvalue weighted by atomic mass is 16.6. The monoisotopic (exact) mass is 472 g/mol. The fourth-order valence-electron chi connectivity index (χ4n) is 4.98. The summed E-state index contributed by atoms with van der Waals surface area (Å²) in [4.78, 5) is 12.6. The van der Waals surface area contributed by atoms with E-state index in [1.807, 2.05) is 11.8 Å². The van der Waals surface area contributed by atoms with E-state index in [4.69, 9.17) is 9.84 Å². The lowest BCUT2D eigenvalue weighted by atomic mass is 9.82. The van der Waals surface area contributed by atoms with Crippen molar-refractivity contribution >= 4 is 5.97 Å². The number of rotatable bonds is 19. The minimum Gasteiger partial charge on any atom is -0.630 e. The molecule has 1 saturated heterocycles. The van der Waals surface area contributed by atoms with E-state index >= 15 is 0 Å². The van der Waals surface area contributed by atoms with E-state index < -0.39 is 17.0 Å². The lowest BCUT2D eigenvalue weighted by Gasteiger charge is -2.41. The highest BCUT2D eigenvalue weighted by Gasteiger charge is 2.37. The molecule has 4 atom stereocenters. The first-order valence-electron chi connectivity index (χ1n) is 13.3. The van der Waals surface area contributed by atoms with Gasteiger partial charge in [0.1, 0.15) is 0 Å². The molecule has 0 saturated carbocycles. The maximum atomic E-state index is 12.4. The number of carboxylic acid groups (broad SMARTS) is 1. The zero-order chi connectivity index (χ0) is 24.9. The summed E-state index contributed by atoms with van der Waals surface area (Å²) in [6.45, 7) is 15.0. The summed E-state index contributed by atoms with van der Waals surface area (Å²) in [7, 11) is 0. The van der Waals surface area contributed by atoms with Crippen molar-refractivity contribution in [3.05, 3.63) is 5.21 Å². The molecule has 0 spiro atoms. The Kier molecular flexibility index (Phi) is 14.1. The third-order valence-corrected chi connectivity index (χ3v) is 7.39. The number of aliphatic carboxylic acids is 1. The summed E-state index contributed by atoms with van der Waals surface area (Å²) in [5.74, 6) is 0.574. The molecule has 7 heteroatoms. The summed E-state index contributed by atoms with van der Waals surface area (Å²) in [5.41, 5.74) is 0.209. The van der Waals surface area contributed by atoms with Gasteiger partial charge < -0.3 is 24.8 Å². The Labute approximate surface area is 202 Å². The molecule has 1 rings (SSSR count). The quantitative estimate of drug-likeness (QED) is 0.152. The minimum absolute atomic E-state index is 0.209. The zero-order valence-electron chi connectivity index (χ0n) is 22.1. The summed E-state index contributed by atoms with van der Waals surface area (Å²) < 4.78 is 5.37. The highest BCUT2D eigenvalue weighted by molar-refractivity contribution is 5.66. The summed E-state index contributed by atoms with van der Waals surface area (Å²) in [5, 5.41) is 31.4. The molecule has 1 heterocycles. The number of aliphatic hydroxyl groups excluding tert-OH is 1. The van der Waals surface area contributed by atoms with Crippen LogP contribution in [0.25, 0.3) is 0 Å². The van der Waals surface area contributed by atoms with Crippen molar-refractivity contribution in [2.75, 3.05) is 39.4 Å². The van der Waals surface area contributed by atoms with Gasteiger partial charge in [0.05, 0.1) is 19.6 Å². The number of likely N-dealkylation sites (N-methyl/N-ethyl adjacent to an activating group) is 1. The Morgan fingerprint density at radius 3 is 2.42 bits per heavy atom. The van der Waals surface area contributed by atoms with Crippen molar-refractivity contribution < 1.29 is 24.4 Å². The SMILES string of the molecule is CC[N+]1([O-])CCN(CCCC(C)CC(C)CCOCCCCC(C)(C)CCCC(=O)O)C1O. The molecule has 33 heavy (non-hydrogen) atoms. The lowest BCUT2D eigenvalue weighted by molar-refractivity contribution is -0.919. The topological polar surface area (TPSA) is 93.1 Å². The average Bonchev–Trinajstić information content (AvgIpc) is 3.01. The predicted octanol–water partition coefficient (Wildman–Crippen LogP) is 5.21. The molecule has 7 nitrogen and oxygen atoms in total. The number of ether oxygens (including phenoxy) is 1. The Balaban J connectivity index is 2.03. The van der Waals surface area contributed by atoms with Crippen LogP contribution in [0.2, 0.25) is 0 Å². The molecule has 1 fully saturated rings. The van der Waals surface area contributed by atoms with Crippen LogP contribution >= 0.6 is 0 Å². The first-order valence-corrected chi connectivity index (χ1v) is 13.3. The molecule has 2 N–H and O–H groups in total. The van der Waals surface area contributed by atoms with E-state index in [-0.39, 0.29) is 11.8 Å². The van der Waals surface area contributed by atoms with Gasteiger partial charge in [-0.2, -0.15) is 0 Å². The van der Waals surface area contributed by atoms with Crippen molar-refractivity contribution in [3.8, 4) is 0 Å². The fourth-order valence-corrected chi connectivity index (χ4v) is 4.98. The molecular formula is C26H52N2O5. The zero-order valence-corrected chi connectivity index (χ0v) is 22.1. The molecule has 1 aliphatic rings. The third-order valence-electron chi connectivity index (χ3n) is 7.39. The van der Waals surface area contributed by atoms with E-state index in [1.165, 1.54) is 6.42 Å². The molecule has 0 radical (unpaired) electrons. The number of quaternary nitrogens is 1. The second-order valence-corrected chi connectivity index (χ2v) is 11.2. The smallest absolute Gasteiger partial charge is 0.303 e. The molecule has 0 aromatic carbocycles. The molecule has 0 aromatic heterocycles. The Morgan fingerprint density at radius 2 is 1.79 bits per heavy atom. The Morgan fingerprint density at radius 1 is 1.12 bits per heavy atom. The van der Waals surface area contributed by atoms with Gasteiger partial charge >= 0.3 is 5.97 Å². The van der Waals surface area contributed by atoms with E-state index in [2.05, 4.69) is 27.7 Å². The lowest BCUT2D eigenvalue weighted by Crippen LogP contribution is -2.50. The number of carbonyl (C=O) groups is 1. The first-order chi connectivity index (χ1) is 15.5. The normalized spacial score (nSPS) is 23.7. The average molecular weight is 473 g/mol. The van der Waals surface area contributed by atoms with Gasteiger partial charge in [0.15, 0.2) is 0 Å². The van der Waals surface area contributed by atoms with Crippen LogP contribution in [0, 0.1) is 22.5 Å². The van der Waals surface area contributed by atoms with E-state index in [1.54, 1.807) is 0 Å². The van der Waals surface area contributed by atoms with E-state index in [9.17, 15) is 15.1 Å². The maximum Gasteiger partial charge on any atom is 0.303 e. The third kappa shape index (κ3) is 12.5. The van der Waals surface area contributed by atoms with Gasteiger partial charge in [-0.25, -0.2) is 4.90 Å². The van der Waals surface area contributed by atoms with Crippen LogP contribution < -0.4 is 0 Å². The van der Waals surface area contributed by atoms with Crippen LogP contribution in [-0.4, -0.2) is 71.5 Å². The number of aliphatic hydroxyl groups is 1. The van der Waals surface area contributed by atoms with Crippen LogP contribution in [-0.2, 0) is 9.53 Å². The fraction of sp³-hybridized carbons (Fsp3) is 0.962. The van der Waals surface area contributed by atoms with E-state index in [0.29, 0.717) is 31.5 Å². The molecule has 0 bridgehead atoms. The Hall–Kier alpha value is -0.730. The van der Waals surface area contributed by atoms with Crippen LogP contribution in [0.5, 0.6) is 0 Å². The van der Waals surface area contributed by atoms with Gasteiger partial charge in [-0.15, -0.1) is 0 Å². The van der Waals surface area contributed by atoms with Crippen LogP contribution in [0.1, 0.15) is 98.8 Å². The number of hydrogen-bond acceptors (Lipinski definition) is 5. The summed E-state index contributed by atoms with van der Waals surface area (Å²) in [6.07, 6.45) is 8.84. The maximum absolute atomic E-state index is 12.4. The molecule has 4 unspecified atom stereocenters. The second kappa shape index (κ2) is 15.3. The number of hydrogen-bond donors (Lipinski definition) is 2. The summed E-state index contributed by atoms with van der Waals surface area (Å²) in [6, 6.07) is 0. The van der Waals surface area contributed by atoms with Crippen molar-refractivity contribution in [1.29, 1.82) is 0 Å². The van der Waals surface area contributed by atoms with Gasteiger partial charge in [-0.05, 0) is 75.5 Å². The summed E-state index contributed by atoms with van der Waals surface area (Å²) >= 11 is 0. The number of nitrogens with zero attached hydrogens (tertiary/aromatic N) is 2. The van der Waals surface area contributed by atoms with Crippen LogP contribution in [0.4, 0.5) is 0 Å². The minimum atomic E-state index is -0.885. The molecule has 0 amide bonds. The molecule has 1 aliphatic heterocycles. The predicted molar refractivity (Wildman–Crippen MR) is 133 cm³/mol. The standard InChI is InChI=1S/C26H52N2O5/c1-6-28(32)18-17-27(25(28)31)16-10-11-22(2)21-23(3)13-20-33-19-8-7-14-26(4,5)15-9-12-24(29)30/h22-23,25,31H,6-21H2,1-5H3,(H,29,30). The van der Waals surface area contributed by atoms with Crippen molar-refractivity contribution in [1.82, 2.24) is 4.90 Å². The van der Waals surface area contributed by atoms with E-state index in [0.717, 1.165) is 71.1 Å². The molecule has 196 valence electrons. The number of carboxylic acids is 1. The van der Waals surface area contributed by atoms with Crippen molar-refractivity contribution in [2.45, 2.75) is 105 Å². The Bertz CT molecular complexity index is 545. The first kappa shape index (κ1) is 30.3. The van der Waals surface area contributed by atoms with Gasteiger partial charge in [0, 0.05) is 26.2 Å². The van der Waals surface area contributed by atoms with Crippen LogP contribution in [0.3, 0.4) is 0 Å². The number of hydroxylamine groups is 3. The van der Waals surface area contributed by atoms with Gasteiger partial charge in [-0.3, -0.25) is 4.79 Å². The largest absolute Gasteiger partial charge is 0.630 e. The highest BCUT2D eigenvalue weighted by Crippen LogP contribution is 2.29. The van der Waals surface area contributed by atoms with Gasteiger partial charge in [-0.1, -0.05) is 34.1 Å². The molecule has 0 aromatic rings. The molecular weight excluding hydrogens is 420 g/mol. The number of unbranched alkanes of at least 4 members (excludes halogenated alkanes) is 1. The second-order valence-electron chi connectivity index (χ2n) is 11.2. The van der Waals surface area contributed by atoms with Gasteiger partial charge in [0.25, 0.3) is 6.35 Å². The van der Waals surface area contributed by atoms with Gasteiger partial charge in [0.2, 0.25) is 0 Å².